The van der Waals surface area contributed by atoms with Crippen molar-refractivity contribution < 1.29 is 8.78 Å². The Bertz CT molecular complexity index is 650. The fourth-order valence-electron chi connectivity index (χ4n) is 3.60. The van der Waals surface area contributed by atoms with Gasteiger partial charge in [-0.05, 0) is 39.5 Å². The number of rotatable bonds is 7. The maximum Gasteiger partial charge on any atom is 0.252 e. The number of halogens is 2. The molecule has 28 heavy (non-hydrogen) atoms. The number of aromatic nitrogens is 2. The molecule has 1 aromatic rings. The number of piperidine rings is 1. The fraction of sp³-hybridized carbons (Fsp3) is 0.789. The minimum absolute atomic E-state index is 0.0924. The Kier molecular flexibility index (Phi) is 7.33. The topological polar surface area (TPSA) is 79.1 Å². The molecule has 2 heterocycles. The number of nitrogens with zero attached hydrogens (tertiary/aromatic N) is 3. The van der Waals surface area contributed by atoms with Crippen LogP contribution in [-0.4, -0.2) is 53.4 Å². The van der Waals surface area contributed by atoms with Gasteiger partial charge in [0, 0.05) is 55.9 Å². The van der Waals surface area contributed by atoms with Gasteiger partial charge in [0.1, 0.15) is 5.82 Å². The van der Waals surface area contributed by atoms with Gasteiger partial charge in [-0.15, -0.1) is 0 Å². The van der Waals surface area contributed by atoms with Crippen molar-refractivity contribution in [3.63, 3.8) is 0 Å². The van der Waals surface area contributed by atoms with Crippen LogP contribution in [0.1, 0.15) is 50.8 Å². The summed E-state index contributed by atoms with van der Waals surface area (Å²) < 4.78 is 31.8. The molecule has 0 atom stereocenters. The average Bonchev–Trinajstić information content (AvgIpc) is 2.78. The first kappa shape index (κ1) is 21.5. The highest BCUT2D eigenvalue weighted by atomic mass is 32.2. The van der Waals surface area contributed by atoms with E-state index in [0.717, 1.165) is 37.4 Å². The van der Waals surface area contributed by atoms with E-state index in [1.165, 1.54) is 0 Å². The van der Waals surface area contributed by atoms with E-state index >= 15 is 0 Å². The molecule has 2 aliphatic rings. The molecule has 158 valence electrons. The molecule has 0 spiro atoms. The zero-order valence-corrected chi connectivity index (χ0v) is 17.6. The number of fused-ring (bicyclic) bond motifs is 1. The standard InChI is InChI=1S/C19H32F2N6S/c1-13(2)26-28-11-8-23-17-15-12-19(20,21)7-3-4-16(15)24-18(25-17)27-9-5-14(22)6-10-27/h13-14,26H,3-12,22H2,1-2H3,(H,23,24,25). The van der Waals surface area contributed by atoms with Crippen LogP contribution in [0.2, 0.25) is 0 Å². The maximum absolute atomic E-state index is 14.2. The van der Waals surface area contributed by atoms with Crippen molar-refractivity contribution in [1.82, 2.24) is 14.7 Å². The quantitative estimate of drug-likeness (QED) is 0.360. The molecule has 9 heteroatoms. The molecule has 0 unspecified atom stereocenters. The molecule has 0 amide bonds. The molecule has 0 aromatic carbocycles. The summed E-state index contributed by atoms with van der Waals surface area (Å²) in [6.45, 7) is 6.45. The average molecular weight is 415 g/mol. The van der Waals surface area contributed by atoms with E-state index in [1.807, 2.05) is 0 Å². The van der Waals surface area contributed by atoms with Crippen LogP contribution < -0.4 is 20.7 Å². The number of nitrogens with two attached hydrogens (primary N) is 1. The molecule has 0 radical (unpaired) electrons. The largest absolute Gasteiger partial charge is 0.369 e. The van der Waals surface area contributed by atoms with Crippen molar-refractivity contribution >= 4 is 23.7 Å². The Morgan fingerprint density at radius 2 is 2.04 bits per heavy atom. The van der Waals surface area contributed by atoms with E-state index in [0.29, 0.717) is 42.8 Å². The van der Waals surface area contributed by atoms with Crippen LogP contribution in [0.5, 0.6) is 0 Å². The summed E-state index contributed by atoms with van der Waals surface area (Å²) in [4.78, 5) is 11.5. The summed E-state index contributed by atoms with van der Waals surface area (Å²) in [7, 11) is 0. The number of aryl methyl sites for hydroxylation is 1. The predicted octanol–water partition coefficient (Wildman–Crippen LogP) is 2.98. The first-order chi connectivity index (χ1) is 13.3. The van der Waals surface area contributed by atoms with E-state index in [2.05, 4.69) is 33.8 Å². The normalized spacial score (nSPS) is 20.1. The Hall–Kier alpha value is -1.19. The molecule has 4 N–H and O–H groups in total. The second-order valence-corrected chi connectivity index (χ2v) is 8.99. The maximum atomic E-state index is 14.2. The van der Waals surface area contributed by atoms with Gasteiger partial charge in [0.05, 0.1) is 5.69 Å². The summed E-state index contributed by atoms with van der Waals surface area (Å²) in [6, 6.07) is 0.620. The Balaban J connectivity index is 1.78. The summed E-state index contributed by atoms with van der Waals surface area (Å²) in [5.41, 5.74) is 7.37. The lowest BCUT2D eigenvalue weighted by Gasteiger charge is -2.31. The second kappa shape index (κ2) is 9.54. The van der Waals surface area contributed by atoms with E-state index in [9.17, 15) is 8.78 Å². The third kappa shape index (κ3) is 5.90. The smallest absolute Gasteiger partial charge is 0.252 e. The lowest BCUT2D eigenvalue weighted by Crippen LogP contribution is -2.40. The Morgan fingerprint density at radius 3 is 2.75 bits per heavy atom. The third-order valence-electron chi connectivity index (χ3n) is 5.11. The minimum Gasteiger partial charge on any atom is -0.369 e. The zero-order valence-electron chi connectivity index (χ0n) is 16.8. The first-order valence-electron chi connectivity index (χ1n) is 10.2. The van der Waals surface area contributed by atoms with Crippen molar-refractivity contribution in [2.75, 3.05) is 35.6 Å². The molecular weight excluding hydrogens is 382 g/mol. The number of nitrogens with one attached hydrogen (secondary N) is 2. The highest BCUT2D eigenvalue weighted by Gasteiger charge is 2.35. The van der Waals surface area contributed by atoms with Crippen molar-refractivity contribution in [1.29, 1.82) is 0 Å². The van der Waals surface area contributed by atoms with Crippen LogP contribution in [0.15, 0.2) is 0 Å². The number of alkyl halides is 2. The summed E-state index contributed by atoms with van der Waals surface area (Å²) >= 11 is 1.63. The predicted molar refractivity (Wildman–Crippen MR) is 112 cm³/mol. The Labute approximate surface area is 170 Å². The summed E-state index contributed by atoms with van der Waals surface area (Å²) in [6.07, 6.45) is 2.46. The van der Waals surface area contributed by atoms with Gasteiger partial charge in [0.2, 0.25) is 5.95 Å². The number of anilines is 2. The second-order valence-electron chi connectivity index (χ2n) is 8.06. The lowest BCUT2D eigenvalue weighted by molar-refractivity contribution is -0.00638. The van der Waals surface area contributed by atoms with Crippen LogP contribution in [0.3, 0.4) is 0 Å². The van der Waals surface area contributed by atoms with Gasteiger partial charge in [-0.3, -0.25) is 4.72 Å². The molecule has 0 saturated carbocycles. The number of hydrogen-bond acceptors (Lipinski definition) is 7. The SMILES string of the molecule is CC(C)NSCCNc1nc(N2CCC(N)CC2)nc2c1CC(F)(F)CCC2. The zero-order chi connectivity index (χ0) is 20.1. The van der Waals surface area contributed by atoms with E-state index < -0.39 is 5.92 Å². The van der Waals surface area contributed by atoms with Crippen molar-refractivity contribution in [3.05, 3.63) is 11.3 Å². The molecule has 1 aromatic heterocycles. The molecule has 1 fully saturated rings. The van der Waals surface area contributed by atoms with Gasteiger partial charge in [0.15, 0.2) is 0 Å². The third-order valence-corrected chi connectivity index (χ3v) is 6.16. The van der Waals surface area contributed by atoms with Gasteiger partial charge in [0.25, 0.3) is 5.92 Å². The van der Waals surface area contributed by atoms with E-state index in [1.54, 1.807) is 11.9 Å². The Morgan fingerprint density at radius 1 is 1.29 bits per heavy atom. The van der Waals surface area contributed by atoms with Gasteiger partial charge in [-0.2, -0.15) is 4.98 Å². The molecular formula is C19H32F2N6S. The highest BCUT2D eigenvalue weighted by molar-refractivity contribution is 7.97. The van der Waals surface area contributed by atoms with Gasteiger partial charge in [-0.25, -0.2) is 13.8 Å². The molecule has 1 aliphatic carbocycles. The lowest BCUT2D eigenvalue weighted by atomic mass is 10.1. The van der Waals surface area contributed by atoms with Gasteiger partial charge in [-0.1, -0.05) is 11.9 Å². The van der Waals surface area contributed by atoms with E-state index in [4.69, 9.17) is 10.7 Å². The van der Waals surface area contributed by atoms with E-state index in [-0.39, 0.29) is 18.9 Å². The van der Waals surface area contributed by atoms with Crippen LogP contribution in [0.4, 0.5) is 20.5 Å². The van der Waals surface area contributed by atoms with Crippen LogP contribution >= 0.6 is 11.9 Å². The minimum atomic E-state index is -2.70. The molecule has 3 rings (SSSR count). The van der Waals surface area contributed by atoms with Crippen molar-refractivity contribution in [3.8, 4) is 0 Å². The fourth-order valence-corrected chi connectivity index (χ4v) is 4.26. The number of hydrogen-bond donors (Lipinski definition) is 3. The molecule has 1 saturated heterocycles. The monoisotopic (exact) mass is 414 g/mol. The molecule has 0 bridgehead atoms. The summed E-state index contributed by atoms with van der Waals surface area (Å²) in [5, 5.41) is 3.30. The van der Waals surface area contributed by atoms with Crippen LogP contribution in [0, 0.1) is 0 Å². The van der Waals surface area contributed by atoms with Crippen LogP contribution in [0.25, 0.3) is 0 Å². The molecule has 1 aliphatic heterocycles. The first-order valence-corrected chi connectivity index (χ1v) is 11.2. The van der Waals surface area contributed by atoms with Gasteiger partial charge >= 0.3 is 0 Å². The van der Waals surface area contributed by atoms with Crippen molar-refractivity contribution in [2.45, 2.75) is 70.4 Å². The highest BCUT2D eigenvalue weighted by Crippen LogP contribution is 2.35. The van der Waals surface area contributed by atoms with Crippen molar-refractivity contribution in [2.24, 2.45) is 5.73 Å². The van der Waals surface area contributed by atoms with Crippen LogP contribution in [-0.2, 0) is 12.8 Å². The molecule has 6 nitrogen and oxygen atoms in total. The summed E-state index contributed by atoms with van der Waals surface area (Å²) in [5.74, 6) is -0.660. The van der Waals surface area contributed by atoms with Gasteiger partial charge < -0.3 is 16.0 Å².